The number of hydrazone groups is 1. The summed E-state index contributed by atoms with van der Waals surface area (Å²) in [4.78, 5) is 11.6. The first-order chi connectivity index (χ1) is 11.3. The van der Waals surface area contributed by atoms with Gasteiger partial charge in [-0.05, 0) is 42.7 Å². The molecule has 1 fully saturated rings. The van der Waals surface area contributed by atoms with Crippen molar-refractivity contribution < 1.29 is 9.53 Å². The number of benzene rings is 2. The minimum atomic E-state index is -0.0911. The molecular formula is C18H19N3O2. The molecule has 1 heterocycles. The van der Waals surface area contributed by atoms with Gasteiger partial charge < -0.3 is 10.1 Å². The van der Waals surface area contributed by atoms with Crippen LogP contribution in [0.25, 0.3) is 0 Å². The van der Waals surface area contributed by atoms with Crippen molar-refractivity contribution in [2.24, 2.45) is 5.10 Å². The van der Waals surface area contributed by atoms with E-state index in [1.54, 1.807) is 0 Å². The first-order valence-electron chi connectivity index (χ1n) is 7.69. The van der Waals surface area contributed by atoms with Gasteiger partial charge in [-0.2, -0.15) is 5.10 Å². The highest BCUT2D eigenvalue weighted by atomic mass is 16.5. The number of ether oxygens (including phenoxy) is 1. The van der Waals surface area contributed by atoms with Crippen molar-refractivity contribution in [3.63, 3.8) is 0 Å². The molecular weight excluding hydrogens is 290 g/mol. The molecule has 1 aliphatic rings. The molecule has 0 aliphatic carbocycles. The van der Waals surface area contributed by atoms with E-state index in [1.807, 2.05) is 54.6 Å². The fraction of sp³-hybridized carbons (Fsp3) is 0.222. The number of nitrogens with one attached hydrogen (secondary N) is 2. The van der Waals surface area contributed by atoms with Crippen molar-refractivity contribution in [2.75, 3.05) is 12.0 Å². The first-order valence-corrected chi connectivity index (χ1v) is 7.69. The predicted molar refractivity (Wildman–Crippen MR) is 90.5 cm³/mol. The summed E-state index contributed by atoms with van der Waals surface area (Å²) in [5.41, 5.74) is 5.41. The molecule has 1 aliphatic heterocycles. The lowest BCUT2D eigenvalue weighted by atomic mass is 10.1. The maximum absolute atomic E-state index is 11.6. The van der Waals surface area contributed by atoms with Crippen molar-refractivity contribution in [1.29, 1.82) is 0 Å². The Balaban J connectivity index is 1.54. The molecule has 118 valence electrons. The van der Waals surface area contributed by atoms with Crippen LogP contribution in [0, 0.1) is 0 Å². The Morgan fingerprint density at radius 1 is 1.09 bits per heavy atom. The topological polar surface area (TPSA) is 62.7 Å². The van der Waals surface area contributed by atoms with Crippen LogP contribution in [0.5, 0.6) is 5.75 Å². The SMILES string of the molecule is O=C1NCCC/C1=N\Nc1ccc(OCc2ccccc2)cc1. The van der Waals surface area contributed by atoms with Gasteiger partial charge in [0.25, 0.3) is 5.91 Å². The molecule has 0 aromatic heterocycles. The summed E-state index contributed by atoms with van der Waals surface area (Å²) in [5, 5.41) is 6.95. The maximum atomic E-state index is 11.6. The Bertz CT molecular complexity index is 681. The number of amides is 1. The normalized spacial score (nSPS) is 16.0. The monoisotopic (exact) mass is 309 g/mol. The van der Waals surface area contributed by atoms with Crippen molar-refractivity contribution in [2.45, 2.75) is 19.4 Å². The smallest absolute Gasteiger partial charge is 0.267 e. The Labute approximate surface area is 135 Å². The standard InChI is InChI=1S/C18H19N3O2/c22-18-17(7-4-12-19-18)21-20-15-8-10-16(11-9-15)23-13-14-5-2-1-3-6-14/h1-3,5-6,8-11,20H,4,7,12-13H2,(H,19,22)/b21-17+. The third kappa shape index (κ3) is 4.32. The van der Waals surface area contributed by atoms with Crippen LogP contribution in [-0.4, -0.2) is 18.2 Å². The van der Waals surface area contributed by atoms with Crippen LogP contribution in [-0.2, 0) is 11.4 Å². The molecule has 0 radical (unpaired) electrons. The Morgan fingerprint density at radius 3 is 2.61 bits per heavy atom. The third-order valence-corrected chi connectivity index (χ3v) is 3.56. The van der Waals surface area contributed by atoms with Gasteiger partial charge in [0.05, 0.1) is 5.69 Å². The molecule has 2 aromatic rings. The van der Waals surface area contributed by atoms with E-state index in [0.717, 1.165) is 30.0 Å². The molecule has 1 saturated heterocycles. The number of carbonyl (C=O) groups excluding carboxylic acids is 1. The van der Waals surface area contributed by atoms with Gasteiger partial charge in [-0.1, -0.05) is 30.3 Å². The summed E-state index contributed by atoms with van der Waals surface area (Å²) in [7, 11) is 0. The highest BCUT2D eigenvalue weighted by Crippen LogP contribution is 2.17. The van der Waals surface area contributed by atoms with E-state index in [-0.39, 0.29) is 5.91 Å². The highest BCUT2D eigenvalue weighted by Gasteiger charge is 2.15. The molecule has 0 bridgehead atoms. The van der Waals surface area contributed by atoms with E-state index in [2.05, 4.69) is 15.8 Å². The lowest BCUT2D eigenvalue weighted by molar-refractivity contribution is -0.115. The average molecular weight is 309 g/mol. The molecule has 0 spiro atoms. The summed E-state index contributed by atoms with van der Waals surface area (Å²) in [6, 6.07) is 17.5. The van der Waals surface area contributed by atoms with Crippen molar-refractivity contribution in [1.82, 2.24) is 5.32 Å². The zero-order valence-electron chi connectivity index (χ0n) is 12.8. The van der Waals surface area contributed by atoms with Crippen molar-refractivity contribution in [3.8, 4) is 5.75 Å². The molecule has 5 heteroatoms. The molecule has 3 rings (SSSR count). The van der Waals surface area contributed by atoms with Crippen LogP contribution in [0.3, 0.4) is 0 Å². The number of hydrogen-bond acceptors (Lipinski definition) is 4. The van der Waals surface area contributed by atoms with E-state index in [4.69, 9.17) is 4.74 Å². The minimum Gasteiger partial charge on any atom is -0.489 e. The van der Waals surface area contributed by atoms with Gasteiger partial charge in [0.1, 0.15) is 18.1 Å². The predicted octanol–water partition coefficient (Wildman–Crippen LogP) is 2.94. The first kappa shape index (κ1) is 15.1. The maximum Gasteiger partial charge on any atom is 0.267 e. The lowest BCUT2D eigenvalue weighted by Gasteiger charge is -2.13. The van der Waals surface area contributed by atoms with Crippen molar-refractivity contribution in [3.05, 3.63) is 60.2 Å². The molecule has 1 amide bonds. The fourth-order valence-corrected chi connectivity index (χ4v) is 2.28. The van der Waals surface area contributed by atoms with Crippen molar-refractivity contribution >= 4 is 17.3 Å². The largest absolute Gasteiger partial charge is 0.489 e. The zero-order valence-corrected chi connectivity index (χ0v) is 12.8. The van der Waals surface area contributed by atoms with E-state index >= 15 is 0 Å². The van der Waals surface area contributed by atoms with E-state index in [0.29, 0.717) is 18.7 Å². The second-order valence-corrected chi connectivity index (χ2v) is 5.33. The Morgan fingerprint density at radius 2 is 1.87 bits per heavy atom. The van der Waals surface area contributed by atoms with Crippen LogP contribution in [0.2, 0.25) is 0 Å². The number of piperidine rings is 1. The van der Waals surface area contributed by atoms with E-state index in [9.17, 15) is 4.79 Å². The zero-order chi connectivity index (χ0) is 15.9. The van der Waals surface area contributed by atoms with Crippen LogP contribution >= 0.6 is 0 Å². The number of rotatable bonds is 5. The van der Waals surface area contributed by atoms with Gasteiger partial charge in [0.15, 0.2) is 0 Å². The van der Waals surface area contributed by atoms with Crippen LogP contribution < -0.4 is 15.5 Å². The lowest BCUT2D eigenvalue weighted by Crippen LogP contribution is -2.37. The molecule has 2 N–H and O–H groups in total. The van der Waals surface area contributed by atoms with Gasteiger partial charge in [0.2, 0.25) is 0 Å². The minimum absolute atomic E-state index is 0.0911. The van der Waals surface area contributed by atoms with Crippen LogP contribution in [0.15, 0.2) is 59.7 Å². The number of anilines is 1. The second-order valence-electron chi connectivity index (χ2n) is 5.33. The van der Waals surface area contributed by atoms with Gasteiger partial charge in [-0.25, -0.2) is 0 Å². The number of hydrogen-bond donors (Lipinski definition) is 2. The summed E-state index contributed by atoms with van der Waals surface area (Å²) < 4.78 is 5.73. The quantitative estimate of drug-likeness (QED) is 0.835. The average Bonchev–Trinajstić information content (AvgIpc) is 2.61. The highest BCUT2D eigenvalue weighted by molar-refractivity contribution is 6.39. The second kappa shape index (κ2) is 7.45. The Kier molecular flexibility index (Phi) is 4.88. The summed E-state index contributed by atoms with van der Waals surface area (Å²) in [5.74, 6) is 0.703. The fourth-order valence-electron chi connectivity index (χ4n) is 2.28. The molecule has 0 atom stereocenters. The molecule has 5 nitrogen and oxygen atoms in total. The number of carbonyl (C=O) groups is 1. The molecule has 23 heavy (non-hydrogen) atoms. The van der Waals surface area contributed by atoms with E-state index in [1.165, 1.54) is 0 Å². The Hall–Kier alpha value is -2.82. The van der Waals surface area contributed by atoms with Gasteiger partial charge >= 0.3 is 0 Å². The van der Waals surface area contributed by atoms with Gasteiger partial charge in [0, 0.05) is 6.54 Å². The molecule has 0 unspecified atom stereocenters. The third-order valence-electron chi connectivity index (χ3n) is 3.56. The van der Waals surface area contributed by atoms with E-state index < -0.39 is 0 Å². The molecule has 0 saturated carbocycles. The van der Waals surface area contributed by atoms with Crippen LogP contribution in [0.1, 0.15) is 18.4 Å². The summed E-state index contributed by atoms with van der Waals surface area (Å²) in [6.45, 7) is 1.27. The summed E-state index contributed by atoms with van der Waals surface area (Å²) in [6.07, 6.45) is 1.63. The van der Waals surface area contributed by atoms with Crippen LogP contribution in [0.4, 0.5) is 5.69 Å². The number of nitrogens with zero attached hydrogens (tertiary/aromatic N) is 1. The van der Waals surface area contributed by atoms with Gasteiger partial charge in [-0.3, -0.25) is 10.2 Å². The molecule has 2 aromatic carbocycles. The van der Waals surface area contributed by atoms with Gasteiger partial charge in [-0.15, -0.1) is 0 Å². The summed E-state index contributed by atoms with van der Waals surface area (Å²) >= 11 is 0.